The minimum atomic E-state index is -0.674. The molecule has 8 heteroatoms. The largest absolute Gasteiger partial charge is 0.451 e. The van der Waals surface area contributed by atoms with E-state index in [9.17, 15) is 9.59 Å². The summed E-state index contributed by atoms with van der Waals surface area (Å²) in [6.07, 6.45) is 6.35. The number of imidazole rings is 1. The minimum absolute atomic E-state index is 0.0692. The van der Waals surface area contributed by atoms with Crippen LogP contribution in [0.2, 0.25) is 5.15 Å². The van der Waals surface area contributed by atoms with Gasteiger partial charge in [0.15, 0.2) is 22.4 Å². The quantitative estimate of drug-likeness (QED) is 0.637. The van der Waals surface area contributed by atoms with Gasteiger partial charge in [-0.3, -0.25) is 9.20 Å². The molecule has 146 valence electrons. The number of rotatable bonds is 5. The standard InChI is InChI=1S/C20H20ClN3O3S/c1-12(14-7-6-13-4-2-3-5-15(13)10-14)22-16(25)11-27-19(26)17-18(21)23-20-24(17)8-9-28-20/h6-10,12H,2-5,11H2,1H3,(H,22,25)/t12-/m0/s1. The number of hydrogen-bond acceptors (Lipinski definition) is 5. The van der Waals surface area contributed by atoms with Crippen LogP contribution in [0, 0.1) is 0 Å². The fraction of sp³-hybridized carbons (Fsp3) is 0.350. The number of amides is 1. The first-order valence-corrected chi connectivity index (χ1v) is 10.5. The van der Waals surface area contributed by atoms with E-state index in [-0.39, 0.29) is 29.4 Å². The molecule has 1 aliphatic carbocycles. The van der Waals surface area contributed by atoms with E-state index in [1.165, 1.54) is 35.3 Å². The van der Waals surface area contributed by atoms with Crippen molar-refractivity contribution in [1.82, 2.24) is 14.7 Å². The van der Waals surface area contributed by atoms with Crippen LogP contribution in [-0.4, -0.2) is 27.9 Å². The fourth-order valence-corrected chi connectivity index (χ4v) is 4.54. The second-order valence-electron chi connectivity index (χ2n) is 6.91. The topological polar surface area (TPSA) is 72.7 Å². The molecule has 1 amide bonds. The van der Waals surface area contributed by atoms with Crippen LogP contribution in [0.5, 0.6) is 0 Å². The van der Waals surface area contributed by atoms with Crippen LogP contribution < -0.4 is 5.32 Å². The van der Waals surface area contributed by atoms with E-state index in [1.807, 2.05) is 6.92 Å². The zero-order valence-corrected chi connectivity index (χ0v) is 17.0. The van der Waals surface area contributed by atoms with Crippen molar-refractivity contribution >= 4 is 39.8 Å². The van der Waals surface area contributed by atoms with Crippen LogP contribution in [0.4, 0.5) is 0 Å². The lowest BCUT2D eigenvalue weighted by Gasteiger charge is -2.20. The summed E-state index contributed by atoms with van der Waals surface area (Å²) in [4.78, 5) is 29.3. The molecule has 1 atom stereocenters. The van der Waals surface area contributed by atoms with Gasteiger partial charge in [0, 0.05) is 11.6 Å². The third kappa shape index (κ3) is 3.77. The number of ether oxygens (including phenoxy) is 1. The average molecular weight is 418 g/mol. The molecule has 0 bridgehead atoms. The zero-order valence-electron chi connectivity index (χ0n) is 15.4. The number of hydrogen-bond donors (Lipinski definition) is 1. The molecule has 1 N–H and O–H groups in total. The van der Waals surface area contributed by atoms with Gasteiger partial charge in [0.25, 0.3) is 5.91 Å². The molecule has 0 aliphatic heterocycles. The molecule has 28 heavy (non-hydrogen) atoms. The molecule has 3 aromatic rings. The maximum absolute atomic E-state index is 12.3. The molecule has 0 spiro atoms. The highest BCUT2D eigenvalue weighted by molar-refractivity contribution is 7.15. The first-order valence-electron chi connectivity index (χ1n) is 9.22. The fourth-order valence-electron chi connectivity index (χ4n) is 3.53. The minimum Gasteiger partial charge on any atom is -0.451 e. The predicted molar refractivity (Wildman–Crippen MR) is 108 cm³/mol. The summed E-state index contributed by atoms with van der Waals surface area (Å²) < 4.78 is 6.70. The number of benzene rings is 1. The summed E-state index contributed by atoms with van der Waals surface area (Å²) in [6, 6.07) is 6.21. The molecule has 0 saturated carbocycles. The molecule has 0 fully saturated rings. The van der Waals surface area contributed by atoms with E-state index in [2.05, 4.69) is 28.5 Å². The summed E-state index contributed by atoms with van der Waals surface area (Å²) in [5.74, 6) is -1.03. The van der Waals surface area contributed by atoms with Crippen molar-refractivity contribution in [3.8, 4) is 0 Å². The van der Waals surface area contributed by atoms with Gasteiger partial charge < -0.3 is 10.1 Å². The Kier molecular flexibility index (Phi) is 5.37. The lowest BCUT2D eigenvalue weighted by molar-refractivity contribution is -0.124. The van der Waals surface area contributed by atoms with Crippen molar-refractivity contribution in [2.75, 3.05) is 6.61 Å². The molecular formula is C20H20ClN3O3S. The Balaban J connectivity index is 1.36. The van der Waals surface area contributed by atoms with E-state index in [0.29, 0.717) is 4.96 Å². The number of carbonyl (C=O) groups is 2. The van der Waals surface area contributed by atoms with E-state index in [0.717, 1.165) is 18.4 Å². The Hall–Kier alpha value is -2.38. The Morgan fingerprint density at radius 3 is 2.93 bits per heavy atom. The van der Waals surface area contributed by atoms with Crippen LogP contribution in [0.25, 0.3) is 4.96 Å². The maximum Gasteiger partial charge on any atom is 0.359 e. The highest BCUT2D eigenvalue weighted by Crippen LogP contribution is 2.25. The van der Waals surface area contributed by atoms with Crippen LogP contribution in [0.1, 0.15) is 53.0 Å². The number of halogens is 1. The highest BCUT2D eigenvalue weighted by atomic mass is 35.5. The number of esters is 1. The maximum atomic E-state index is 12.3. The number of nitrogens with zero attached hydrogens (tertiary/aromatic N) is 2. The van der Waals surface area contributed by atoms with Gasteiger partial charge in [0.05, 0.1) is 6.04 Å². The van der Waals surface area contributed by atoms with Gasteiger partial charge in [0.2, 0.25) is 0 Å². The third-order valence-corrected chi connectivity index (χ3v) is 6.02. The van der Waals surface area contributed by atoms with E-state index < -0.39 is 5.97 Å². The van der Waals surface area contributed by atoms with E-state index >= 15 is 0 Å². The van der Waals surface area contributed by atoms with Gasteiger partial charge in [-0.25, -0.2) is 9.78 Å². The molecule has 1 aromatic carbocycles. The van der Waals surface area contributed by atoms with Gasteiger partial charge in [-0.15, -0.1) is 11.3 Å². The molecule has 4 rings (SSSR count). The average Bonchev–Trinajstić information content (AvgIpc) is 3.25. The van der Waals surface area contributed by atoms with Crippen molar-refractivity contribution in [3.63, 3.8) is 0 Å². The SMILES string of the molecule is C[C@H](NC(=O)COC(=O)c1c(Cl)nc2sccn12)c1ccc2c(c1)CCCC2. The van der Waals surface area contributed by atoms with Crippen LogP contribution in [0.3, 0.4) is 0 Å². The monoisotopic (exact) mass is 417 g/mol. The summed E-state index contributed by atoms with van der Waals surface area (Å²) >= 11 is 7.37. The van der Waals surface area contributed by atoms with Crippen LogP contribution in [0.15, 0.2) is 29.8 Å². The van der Waals surface area contributed by atoms with Gasteiger partial charge >= 0.3 is 5.97 Å². The molecule has 0 radical (unpaired) electrons. The number of aryl methyl sites for hydroxylation is 2. The number of thiazole rings is 1. The summed E-state index contributed by atoms with van der Waals surface area (Å²) in [6.45, 7) is 1.55. The van der Waals surface area contributed by atoms with E-state index in [1.54, 1.807) is 16.0 Å². The van der Waals surface area contributed by atoms with Gasteiger partial charge in [0.1, 0.15) is 0 Å². The first-order chi connectivity index (χ1) is 13.5. The van der Waals surface area contributed by atoms with Gasteiger partial charge in [-0.1, -0.05) is 29.8 Å². The van der Waals surface area contributed by atoms with Crippen molar-refractivity contribution in [2.45, 2.75) is 38.6 Å². The molecule has 6 nitrogen and oxygen atoms in total. The normalized spacial score (nSPS) is 14.5. The predicted octanol–water partition coefficient (Wildman–Crippen LogP) is 3.96. The zero-order chi connectivity index (χ0) is 19.7. The smallest absolute Gasteiger partial charge is 0.359 e. The molecule has 0 unspecified atom stereocenters. The molecule has 2 heterocycles. The second kappa shape index (κ2) is 7.93. The van der Waals surface area contributed by atoms with Crippen LogP contribution >= 0.6 is 22.9 Å². The summed E-state index contributed by atoms with van der Waals surface area (Å²) in [5, 5.41) is 4.74. The number of fused-ring (bicyclic) bond motifs is 2. The van der Waals surface area contributed by atoms with Crippen molar-refractivity contribution in [2.24, 2.45) is 0 Å². The summed E-state index contributed by atoms with van der Waals surface area (Å²) in [7, 11) is 0. The van der Waals surface area contributed by atoms with Crippen LogP contribution in [-0.2, 0) is 22.4 Å². The van der Waals surface area contributed by atoms with Crippen molar-refractivity contribution < 1.29 is 14.3 Å². The number of aromatic nitrogens is 2. The lowest BCUT2D eigenvalue weighted by Crippen LogP contribution is -2.31. The number of nitrogens with one attached hydrogen (secondary N) is 1. The highest BCUT2D eigenvalue weighted by Gasteiger charge is 2.21. The Bertz CT molecular complexity index is 1040. The van der Waals surface area contributed by atoms with Gasteiger partial charge in [-0.2, -0.15) is 0 Å². The van der Waals surface area contributed by atoms with Crippen molar-refractivity contribution in [1.29, 1.82) is 0 Å². The van der Waals surface area contributed by atoms with Gasteiger partial charge in [-0.05, 0) is 49.3 Å². The molecule has 1 aliphatic rings. The Labute approximate surface area is 171 Å². The van der Waals surface area contributed by atoms with E-state index in [4.69, 9.17) is 16.3 Å². The molecular weight excluding hydrogens is 398 g/mol. The third-order valence-electron chi connectivity index (χ3n) is 5.00. The molecule has 0 saturated heterocycles. The Morgan fingerprint density at radius 1 is 1.32 bits per heavy atom. The Morgan fingerprint density at radius 2 is 2.11 bits per heavy atom. The number of carbonyl (C=O) groups excluding carboxylic acids is 2. The summed E-state index contributed by atoms with van der Waals surface area (Å²) in [5.41, 5.74) is 3.96. The first kappa shape index (κ1) is 19.0. The lowest BCUT2D eigenvalue weighted by atomic mass is 9.89. The molecule has 2 aromatic heterocycles. The van der Waals surface area contributed by atoms with Crippen molar-refractivity contribution in [3.05, 3.63) is 57.3 Å². The second-order valence-corrected chi connectivity index (χ2v) is 8.14.